The van der Waals surface area contributed by atoms with E-state index in [1.54, 1.807) is 12.4 Å². The summed E-state index contributed by atoms with van der Waals surface area (Å²) in [7, 11) is 0. The molecule has 2 aromatic rings. The van der Waals surface area contributed by atoms with Gasteiger partial charge in [0.1, 0.15) is 0 Å². The van der Waals surface area contributed by atoms with Crippen molar-refractivity contribution in [2.24, 2.45) is 0 Å². The lowest BCUT2D eigenvalue weighted by molar-refractivity contribution is 0.0735. The van der Waals surface area contributed by atoms with Gasteiger partial charge in [0.25, 0.3) is 5.91 Å². The van der Waals surface area contributed by atoms with Crippen LogP contribution in [-0.4, -0.2) is 71.5 Å². The summed E-state index contributed by atoms with van der Waals surface area (Å²) in [4.78, 5) is 28.0. The Bertz CT molecular complexity index is 758. The topological polar surface area (TPSA) is 52.6 Å². The number of carbonyl (C=O) groups is 1. The number of nitrogens with zero attached hydrogens (tertiary/aromatic N) is 5. The van der Waals surface area contributed by atoms with Crippen LogP contribution in [0.5, 0.6) is 0 Å². The van der Waals surface area contributed by atoms with Crippen molar-refractivity contribution in [1.82, 2.24) is 19.8 Å². The number of carbonyl (C=O) groups excluding carboxylic acids is 1. The second-order valence-corrected chi connectivity index (χ2v) is 7.28. The Labute approximate surface area is 160 Å². The molecule has 1 saturated heterocycles. The summed E-state index contributed by atoms with van der Waals surface area (Å²) in [6.07, 6.45) is 6.78. The fourth-order valence-corrected chi connectivity index (χ4v) is 3.95. The van der Waals surface area contributed by atoms with Crippen molar-refractivity contribution in [3.8, 4) is 0 Å². The van der Waals surface area contributed by atoms with Crippen molar-refractivity contribution in [1.29, 1.82) is 0 Å². The molecular weight excluding hydrogens is 338 g/mol. The Morgan fingerprint density at radius 3 is 2.41 bits per heavy atom. The Morgan fingerprint density at radius 1 is 0.852 bits per heavy atom. The zero-order chi connectivity index (χ0) is 18.5. The number of amides is 1. The molecule has 0 saturated carbocycles. The first-order valence-electron chi connectivity index (χ1n) is 9.93. The van der Waals surface area contributed by atoms with Crippen LogP contribution in [0.2, 0.25) is 0 Å². The number of hydrogen-bond acceptors (Lipinski definition) is 5. The van der Waals surface area contributed by atoms with Gasteiger partial charge in [-0.1, -0.05) is 18.2 Å². The van der Waals surface area contributed by atoms with E-state index >= 15 is 0 Å². The third-order valence-corrected chi connectivity index (χ3v) is 5.55. The summed E-state index contributed by atoms with van der Waals surface area (Å²) >= 11 is 0. The van der Waals surface area contributed by atoms with Crippen LogP contribution in [-0.2, 0) is 6.42 Å². The molecular formula is C21H27N5O. The van der Waals surface area contributed by atoms with Crippen molar-refractivity contribution in [2.45, 2.75) is 19.3 Å². The monoisotopic (exact) mass is 365 g/mol. The Morgan fingerprint density at radius 2 is 1.59 bits per heavy atom. The Kier molecular flexibility index (Phi) is 5.63. The van der Waals surface area contributed by atoms with E-state index in [-0.39, 0.29) is 5.91 Å². The number of piperazine rings is 1. The van der Waals surface area contributed by atoms with Gasteiger partial charge in [0.2, 0.25) is 5.95 Å². The van der Waals surface area contributed by atoms with Crippen molar-refractivity contribution >= 4 is 11.9 Å². The number of benzene rings is 1. The largest absolute Gasteiger partial charge is 0.338 e. The second kappa shape index (κ2) is 8.48. The van der Waals surface area contributed by atoms with Crippen molar-refractivity contribution in [2.75, 3.05) is 50.7 Å². The van der Waals surface area contributed by atoms with Gasteiger partial charge in [0, 0.05) is 57.2 Å². The van der Waals surface area contributed by atoms with Crippen LogP contribution in [0.1, 0.15) is 28.8 Å². The number of aromatic nitrogens is 2. The van der Waals surface area contributed by atoms with E-state index < -0.39 is 0 Å². The van der Waals surface area contributed by atoms with E-state index in [4.69, 9.17) is 0 Å². The van der Waals surface area contributed by atoms with Gasteiger partial charge in [-0.3, -0.25) is 9.69 Å². The second-order valence-electron chi connectivity index (χ2n) is 7.28. The number of fused-ring (bicyclic) bond motifs is 1. The van der Waals surface area contributed by atoms with Crippen molar-refractivity contribution in [3.63, 3.8) is 0 Å². The van der Waals surface area contributed by atoms with Crippen molar-refractivity contribution < 1.29 is 4.79 Å². The van der Waals surface area contributed by atoms with Crippen LogP contribution < -0.4 is 4.90 Å². The predicted octanol–water partition coefficient (Wildman–Crippen LogP) is 2.08. The Hall–Kier alpha value is -2.47. The van der Waals surface area contributed by atoms with Crippen LogP contribution in [0.25, 0.3) is 0 Å². The molecule has 0 unspecified atom stereocenters. The third kappa shape index (κ3) is 4.27. The van der Waals surface area contributed by atoms with Crippen molar-refractivity contribution in [3.05, 3.63) is 53.9 Å². The maximum Gasteiger partial charge on any atom is 0.254 e. The average molecular weight is 365 g/mol. The molecule has 1 aromatic carbocycles. The Balaban J connectivity index is 1.17. The quantitative estimate of drug-likeness (QED) is 0.734. The molecule has 3 heterocycles. The van der Waals surface area contributed by atoms with Crippen LogP contribution in [0.3, 0.4) is 0 Å². The number of anilines is 1. The van der Waals surface area contributed by atoms with E-state index in [9.17, 15) is 4.79 Å². The number of unbranched alkanes of at least 4 members (excludes halogenated alkanes) is 1. The van der Waals surface area contributed by atoms with Gasteiger partial charge in [-0.2, -0.15) is 0 Å². The van der Waals surface area contributed by atoms with Gasteiger partial charge >= 0.3 is 0 Å². The normalized spacial score (nSPS) is 17.9. The lowest BCUT2D eigenvalue weighted by Crippen LogP contribution is -2.47. The zero-order valence-electron chi connectivity index (χ0n) is 15.8. The molecule has 0 aliphatic carbocycles. The molecule has 0 atom stereocenters. The summed E-state index contributed by atoms with van der Waals surface area (Å²) in [5.41, 5.74) is 2.09. The molecule has 1 aromatic heterocycles. The predicted molar refractivity (Wildman–Crippen MR) is 106 cm³/mol. The molecule has 142 valence electrons. The van der Waals surface area contributed by atoms with Crippen LogP contribution in [0, 0.1) is 0 Å². The molecule has 1 fully saturated rings. The maximum absolute atomic E-state index is 12.6. The van der Waals surface area contributed by atoms with Gasteiger partial charge in [-0.05, 0) is 43.5 Å². The lowest BCUT2D eigenvalue weighted by Gasteiger charge is -2.34. The van der Waals surface area contributed by atoms with E-state index in [0.29, 0.717) is 0 Å². The summed E-state index contributed by atoms with van der Waals surface area (Å²) < 4.78 is 0. The zero-order valence-corrected chi connectivity index (χ0v) is 15.8. The molecule has 0 N–H and O–H groups in total. The molecule has 4 rings (SSSR count). The summed E-state index contributed by atoms with van der Waals surface area (Å²) in [5.74, 6) is 1.04. The molecule has 2 aliphatic rings. The summed E-state index contributed by atoms with van der Waals surface area (Å²) in [6.45, 7) is 6.87. The third-order valence-electron chi connectivity index (χ3n) is 5.55. The standard InChI is InChI=1S/C21H27N5O/c27-20-19-7-2-1-6-18(19)8-13-25(20)12-4-3-11-24-14-16-26(17-15-24)21-22-9-5-10-23-21/h1-2,5-7,9-10H,3-4,8,11-17H2. The SMILES string of the molecule is O=C1c2ccccc2CCN1CCCCN1CCN(c2ncccn2)CC1. The van der Waals surface area contributed by atoms with Gasteiger partial charge in [-0.15, -0.1) is 0 Å². The fraction of sp³-hybridized carbons (Fsp3) is 0.476. The minimum absolute atomic E-state index is 0.202. The lowest BCUT2D eigenvalue weighted by atomic mass is 9.99. The highest BCUT2D eigenvalue weighted by molar-refractivity contribution is 5.96. The summed E-state index contributed by atoms with van der Waals surface area (Å²) in [6, 6.07) is 9.86. The fourth-order valence-electron chi connectivity index (χ4n) is 3.95. The molecule has 6 heteroatoms. The molecule has 0 radical (unpaired) electrons. The highest BCUT2D eigenvalue weighted by atomic mass is 16.2. The van der Waals surface area contributed by atoms with Gasteiger partial charge < -0.3 is 9.80 Å². The van der Waals surface area contributed by atoms with Crippen LogP contribution >= 0.6 is 0 Å². The molecule has 1 amide bonds. The first-order valence-corrected chi connectivity index (χ1v) is 9.93. The highest BCUT2D eigenvalue weighted by Crippen LogP contribution is 2.19. The maximum atomic E-state index is 12.6. The molecule has 0 spiro atoms. The molecule has 27 heavy (non-hydrogen) atoms. The molecule has 6 nitrogen and oxygen atoms in total. The van der Waals surface area contributed by atoms with E-state index in [2.05, 4.69) is 25.8 Å². The van der Waals surface area contributed by atoms with Gasteiger partial charge in [0.15, 0.2) is 0 Å². The first-order chi connectivity index (χ1) is 13.3. The van der Waals surface area contributed by atoms with Crippen LogP contribution in [0.15, 0.2) is 42.7 Å². The minimum atomic E-state index is 0.202. The first kappa shape index (κ1) is 17.9. The molecule has 2 aliphatic heterocycles. The smallest absolute Gasteiger partial charge is 0.254 e. The number of rotatable bonds is 6. The van der Waals surface area contributed by atoms with E-state index in [1.165, 1.54) is 5.56 Å². The number of hydrogen-bond donors (Lipinski definition) is 0. The average Bonchev–Trinajstić information content (AvgIpc) is 2.74. The minimum Gasteiger partial charge on any atom is -0.338 e. The van der Waals surface area contributed by atoms with Crippen LogP contribution in [0.4, 0.5) is 5.95 Å². The van der Waals surface area contributed by atoms with E-state index in [1.807, 2.05) is 29.2 Å². The summed E-state index contributed by atoms with van der Waals surface area (Å²) in [5, 5.41) is 0. The molecule has 0 bridgehead atoms. The van der Waals surface area contributed by atoms with E-state index in [0.717, 1.165) is 76.6 Å². The van der Waals surface area contributed by atoms with Gasteiger partial charge in [0.05, 0.1) is 0 Å². The highest BCUT2D eigenvalue weighted by Gasteiger charge is 2.23. The van der Waals surface area contributed by atoms with Gasteiger partial charge in [-0.25, -0.2) is 9.97 Å².